The van der Waals surface area contributed by atoms with Crippen molar-refractivity contribution in [1.82, 2.24) is 4.90 Å². The van der Waals surface area contributed by atoms with Crippen molar-refractivity contribution in [2.45, 2.75) is 110 Å². The molecule has 0 radical (unpaired) electrons. The number of allylic oxidation sites excluding steroid dienone is 1. The summed E-state index contributed by atoms with van der Waals surface area (Å²) < 4.78 is 13.5. The number of benzene rings is 2. The fourth-order valence-corrected chi connectivity index (χ4v) is 6.57. The summed E-state index contributed by atoms with van der Waals surface area (Å²) in [5, 5.41) is 13.5. The van der Waals surface area contributed by atoms with Crippen LogP contribution < -0.4 is 0 Å². The Morgan fingerprint density at radius 2 is 1.75 bits per heavy atom. The van der Waals surface area contributed by atoms with Crippen molar-refractivity contribution in [3.63, 3.8) is 0 Å². The minimum absolute atomic E-state index is 0.0382. The molecule has 2 aromatic rings. The van der Waals surface area contributed by atoms with Crippen molar-refractivity contribution in [1.29, 1.82) is 0 Å². The van der Waals surface area contributed by atoms with Crippen LogP contribution in [0, 0.1) is 11.2 Å². The van der Waals surface area contributed by atoms with Crippen molar-refractivity contribution < 1.29 is 14.3 Å². The Labute approximate surface area is 241 Å². The summed E-state index contributed by atoms with van der Waals surface area (Å²) in [7, 11) is 0. The molecule has 1 saturated carbocycles. The summed E-state index contributed by atoms with van der Waals surface area (Å²) >= 11 is 0. The Hall–Kier alpha value is -2.66. The van der Waals surface area contributed by atoms with E-state index in [9.17, 15) is 9.50 Å². The minimum atomic E-state index is -0.171. The van der Waals surface area contributed by atoms with Crippen molar-refractivity contribution in [3.8, 4) is 11.1 Å². The van der Waals surface area contributed by atoms with Gasteiger partial charge in [0.1, 0.15) is 5.82 Å². The number of aliphatic hydroxyl groups is 1. The second-order valence-electron chi connectivity index (χ2n) is 12.7. The summed E-state index contributed by atoms with van der Waals surface area (Å²) in [5.41, 5.74) is 7.77. The van der Waals surface area contributed by atoms with Crippen molar-refractivity contribution in [3.05, 3.63) is 71.2 Å². The quantitative estimate of drug-likeness (QED) is 0.285. The van der Waals surface area contributed by atoms with Crippen molar-refractivity contribution >= 4 is 5.71 Å². The topological polar surface area (TPSA) is 45.1 Å². The number of aliphatic hydroxyl groups excluding tert-OH is 1. The van der Waals surface area contributed by atoms with Gasteiger partial charge in [0.05, 0.1) is 11.5 Å². The van der Waals surface area contributed by atoms with Crippen LogP contribution >= 0.6 is 0 Å². The number of rotatable bonds is 11. The number of oxime groups is 1. The molecule has 218 valence electrons. The van der Waals surface area contributed by atoms with Gasteiger partial charge < -0.3 is 9.94 Å². The Balaban J connectivity index is 0.000000288. The molecule has 1 saturated heterocycles. The van der Waals surface area contributed by atoms with Gasteiger partial charge in [-0.15, -0.1) is 0 Å². The van der Waals surface area contributed by atoms with E-state index >= 15 is 0 Å². The summed E-state index contributed by atoms with van der Waals surface area (Å²) in [5.74, 6) is 0.833. The first-order chi connectivity index (χ1) is 19.1. The lowest BCUT2D eigenvalue weighted by Crippen LogP contribution is -2.61. The van der Waals surface area contributed by atoms with E-state index in [4.69, 9.17) is 4.84 Å². The number of hydrogen-bond acceptors (Lipinski definition) is 4. The molecule has 2 fully saturated rings. The molecule has 5 rings (SSSR count). The van der Waals surface area contributed by atoms with E-state index in [2.05, 4.69) is 56.5 Å². The van der Waals surface area contributed by atoms with Crippen LogP contribution in [0.25, 0.3) is 11.1 Å². The smallest absolute Gasteiger partial charge is 0.168 e. The lowest BCUT2D eigenvalue weighted by atomic mass is 9.80. The van der Waals surface area contributed by atoms with Crippen LogP contribution in [0.1, 0.15) is 109 Å². The highest BCUT2D eigenvalue weighted by molar-refractivity contribution is 5.83. The van der Waals surface area contributed by atoms with Crippen LogP contribution in [0.5, 0.6) is 0 Å². The van der Waals surface area contributed by atoms with E-state index in [1.54, 1.807) is 12.1 Å². The second-order valence-corrected chi connectivity index (χ2v) is 12.7. The third-order valence-corrected chi connectivity index (χ3v) is 8.68. The maximum absolute atomic E-state index is 13.5. The van der Waals surface area contributed by atoms with Gasteiger partial charge in [0.2, 0.25) is 0 Å². The third kappa shape index (κ3) is 7.15. The van der Waals surface area contributed by atoms with Gasteiger partial charge in [-0.05, 0) is 84.9 Å². The van der Waals surface area contributed by atoms with Crippen LogP contribution in [-0.4, -0.2) is 34.4 Å². The molecular weight excluding hydrogens is 499 g/mol. The van der Waals surface area contributed by atoms with Crippen molar-refractivity contribution in [2.75, 3.05) is 13.1 Å². The van der Waals surface area contributed by atoms with Crippen LogP contribution in [0.2, 0.25) is 0 Å². The molecule has 0 unspecified atom stereocenters. The second kappa shape index (κ2) is 12.9. The maximum atomic E-state index is 13.5. The van der Waals surface area contributed by atoms with E-state index in [1.165, 1.54) is 35.1 Å². The molecule has 40 heavy (non-hydrogen) atoms. The van der Waals surface area contributed by atoms with Crippen LogP contribution in [0.3, 0.4) is 0 Å². The van der Waals surface area contributed by atoms with Crippen LogP contribution in [0.15, 0.2) is 53.9 Å². The third-order valence-electron chi connectivity index (χ3n) is 8.68. The molecule has 1 spiro atoms. The Bertz CT molecular complexity index is 1190. The molecule has 1 aliphatic carbocycles. The minimum Gasteiger partial charge on any atom is -0.512 e. The first-order valence-corrected chi connectivity index (χ1v) is 15.4. The molecule has 2 heterocycles. The van der Waals surface area contributed by atoms with Gasteiger partial charge >= 0.3 is 0 Å². The number of nitrogens with zero attached hydrogens (tertiary/aromatic N) is 2. The Morgan fingerprint density at radius 1 is 1.10 bits per heavy atom. The molecule has 1 N–H and O–H groups in total. The zero-order valence-corrected chi connectivity index (χ0v) is 25.4. The summed E-state index contributed by atoms with van der Waals surface area (Å²) in [6.07, 6.45) is 9.94. The summed E-state index contributed by atoms with van der Waals surface area (Å²) in [6.45, 7) is 17.1. The molecule has 0 aromatic heterocycles. The fourth-order valence-electron chi connectivity index (χ4n) is 6.57. The first-order valence-electron chi connectivity index (χ1n) is 15.4. The SMILES string of the molecule is C=C(O)C(C)(CCC)CCC.CCCc1cc(CN2CC3(CC(C)=NO3)C2)cc(C2CC2)c1-c1ccc(F)cc1. The van der Waals surface area contributed by atoms with E-state index in [0.717, 1.165) is 75.9 Å². The number of aryl methyl sites for hydroxylation is 1. The molecule has 0 bridgehead atoms. The van der Waals surface area contributed by atoms with Crippen molar-refractivity contribution in [2.24, 2.45) is 10.6 Å². The van der Waals surface area contributed by atoms with Gasteiger partial charge in [-0.3, -0.25) is 4.90 Å². The average molecular weight is 549 g/mol. The molecular formula is C35H49FN2O2. The van der Waals surface area contributed by atoms with Crippen LogP contribution in [-0.2, 0) is 17.8 Å². The predicted molar refractivity (Wildman–Crippen MR) is 164 cm³/mol. The zero-order valence-electron chi connectivity index (χ0n) is 25.4. The fraction of sp³-hybridized carbons (Fsp3) is 0.571. The van der Waals surface area contributed by atoms with Gasteiger partial charge in [-0.2, -0.15) is 0 Å². The number of likely N-dealkylation sites (tertiary alicyclic amines) is 1. The monoisotopic (exact) mass is 548 g/mol. The van der Waals surface area contributed by atoms with E-state index in [1.807, 2.05) is 19.1 Å². The maximum Gasteiger partial charge on any atom is 0.168 e. The molecule has 0 atom stereocenters. The summed E-state index contributed by atoms with van der Waals surface area (Å²) in [6, 6.07) is 11.8. The highest BCUT2D eigenvalue weighted by Gasteiger charge is 2.48. The predicted octanol–water partition coefficient (Wildman–Crippen LogP) is 9.34. The molecule has 2 aliphatic heterocycles. The normalized spacial score (nSPS) is 18.0. The van der Waals surface area contributed by atoms with E-state index in [-0.39, 0.29) is 16.8 Å². The standard InChI is InChI=1S/C25H29FN2O.C10H20O/c1-3-4-21-11-18(14-28-15-25(16-28)13-17(2)27-29-25)12-23(19-5-6-19)24(21)20-7-9-22(26)10-8-20;1-5-7-10(4,8-6-2)9(3)11/h7-12,19H,3-6,13-16H2,1-2H3;11H,3,5-8H2,1-2,4H3. The van der Waals surface area contributed by atoms with Gasteiger partial charge in [0.25, 0.3) is 0 Å². The number of halogens is 1. The highest BCUT2D eigenvalue weighted by Crippen LogP contribution is 2.47. The molecule has 3 aliphatic rings. The van der Waals surface area contributed by atoms with E-state index in [0.29, 0.717) is 11.7 Å². The van der Waals surface area contributed by atoms with Gasteiger partial charge in [0, 0.05) is 31.5 Å². The molecule has 5 heteroatoms. The molecule has 0 amide bonds. The summed E-state index contributed by atoms with van der Waals surface area (Å²) in [4.78, 5) is 8.16. The first kappa shape index (κ1) is 30.3. The average Bonchev–Trinajstić information content (AvgIpc) is 3.66. The van der Waals surface area contributed by atoms with Gasteiger partial charge in [-0.1, -0.05) is 83.0 Å². The lowest BCUT2D eigenvalue weighted by Gasteiger charge is -2.45. The molecule has 4 nitrogen and oxygen atoms in total. The lowest BCUT2D eigenvalue weighted by molar-refractivity contribution is -0.128. The van der Waals surface area contributed by atoms with Gasteiger partial charge in [-0.25, -0.2) is 4.39 Å². The Morgan fingerprint density at radius 3 is 2.25 bits per heavy atom. The van der Waals surface area contributed by atoms with E-state index < -0.39 is 0 Å². The zero-order chi connectivity index (χ0) is 28.9. The van der Waals surface area contributed by atoms with Gasteiger partial charge in [0.15, 0.2) is 5.60 Å². The largest absolute Gasteiger partial charge is 0.512 e. The Kier molecular flexibility index (Phi) is 9.76. The number of hydrogen-bond donors (Lipinski definition) is 1. The molecule has 2 aromatic carbocycles. The van der Waals surface area contributed by atoms with Crippen LogP contribution in [0.4, 0.5) is 4.39 Å². The highest BCUT2D eigenvalue weighted by atomic mass is 19.1.